The summed E-state index contributed by atoms with van der Waals surface area (Å²) in [6.45, 7) is 11.8. The quantitative estimate of drug-likeness (QED) is 0.211. The lowest BCUT2D eigenvalue weighted by Gasteiger charge is -2.36. The number of likely N-dealkylation sites (N-methyl/N-ethyl adjacent to an activating group) is 3. The van der Waals surface area contributed by atoms with E-state index >= 15 is 0 Å². The van der Waals surface area contributed by atoms with E-state index in [-0.39, 0.29) is 31.4 Å². The molecule has 13 heteroatoms. The molecule has 0 fully saturated rings. The minimum absolute atomic E-state index is 0.0441. The zero-order chi connectivity index (χ0) is 35.3. The third kappa shape index (κ3) is 11.2. The van der Waals surface area contributed by atoms with Crippen molar-refractivity contribution in [2.75, 3.05) is 27.7 Å². The Morgan fingerprint density at radius 1 is 0.848 bits per heavy atom. The largest absolute Gasteiger partial charge is 0.459 e. The van der Waals surface area contributed by atoms with Crippen LogP contribution in [0.2, 0.25) is 0 Å². The lowest BCUT2D eigenvalue weighted by atomic mass is 9.98. The van der Waals surface area contributed by atoms with E-state index in [1.54, 1.807) is 59.1 Å². The molecule has 1 unspecified atom stereocenters. The summed E-state index contributed by atoms with van der Waals surface area (Å²) in [5.74, 6) is -4.08. The van der Waals surface area contributed by atoms with E-state index in [0.29, 0.717) is 6.42 Å². The molecule has 0 spiro atoms. The highest BCUT2D eigenvalue weighted by Crippen LogP contribution is 2.17. The van der Waals surface area contributed by atoms with Crippen LogP contribution in [0.15, 0.2) is 30.3 Å². The van der Waals surface area contributed by atoms with Gasteiger partial charge in [0.05, 0.1) is 12.6 Å². The molecule has 1 rings (SSSR count). The number of benzene rings is 1. The van der Waals surface area contributed by atoms with Crippen molar-refractivity contribution in [2.24, 2.45) is 17.6 Å². The Balaban J connectivity index is 3.26. The fourth-order valence-corrected chi connectivity index (χ4v) is 4.68. The van der Waals surface area contributed by atoms with E-state index in [1.165, 1.54) is 25.8 Å². The molecule has 5 amide bonds. The molecule has 4 N–H and O–H groups in total. The Kier molecular flexibility index (Phi) is 16.6. The summed E-state index contributed by atoms with van der Waals surface area (Å²) in [4.78, 5) is 83.4. The zero-order valence-corrected chi connectivity index (χ0v) is 29.0. The summed E-state index contributed by atoms with van der Waals surface area (Å²) in [5.41, 5.74) is 6.74. The molecule has 0 radical (unpaired) electrons. The average Bonchev–Trinajstić information content (AvgIpc) is 3.03. The fraction of sp³-hybridized carbons (Fsp3) is 0.636. The third-order valence-electron chi connectivity index (χ3n) is 7.89. The smallest absolute Gasteiger partial charge is 0.329 e. The molecular weight excluding hydrogens is 592 g/mol. The van der Waals surface area contributed by atoms with Crippen LogP contribution < -0.4 is 16.4 Å². The average molecular weight is 647 g/mol. The highest BCUT2D eigenvalue weighted by atomic mass is 16.5. The van der Waals surface area contributed by atoms with Crippen LogP contribution in [-0.2, 0) is 40.1 Å². The second-order valence-corrected chi connectivity index (χ2v) is 12.4. The Bertz CT molecular complexity index is 1190. The molecule has 0 heterocycles. The SMILES string of the molecule is CCC(N)C(=O)N(C(=O)[C@H](C)N(C)C(=O)[C@@H](NC(=O)[C@H](CC(C)C)N(C)C(=O)CNC)C(C)C)[C@@H](C)C(=O)OCc1ccccc1. The molecule has 5 atom stereocenters. The zero-order valence-electron chi connectivity index (χ0n) is 29.0. The van der Waals surface area contributed by atoms with Gasteiger partial charge in [-0.25, -0.2) is 4.79 Å². The Morgan fingerprint density at radius 3 is 1.93 bits per heavy atom. The van der Waals surface area contributed by atoms with Gasteiger partial charge < -0.3 is 30.9 Å². The van der Waals surface area contributed by atoms with Crippen molar-refractivity contribution >= 4 is 35.5 Å². The number of rotatable bonds is 17. The number of hydrogen-bond donors (Lipinski definition) is 3. The van der Waals surface area contributed by atoms with Crippen molar-refractivity contribution in [1.29, 1.82) is 0 Å². The van der Waals surface area contributed by atoms with Crippen LogP contribution in [0.3, 0.4) is 0 Å². The lowest BCUT2D eigenvalue weighted by Crippen LogP contribution is -2.61. The van der Waals surface area contributed by atoms with Crippen LogP contribution >= 0.6 is 0 Å². The first kappa shape index (κ1) is 40.2. The van der Waals surface area contributed by atoms with E-state index in [0.717, 1.165) is 15.4 Å². The molecule has 1 aromatic carbocycles. The van der Waals surface area contributed by atoms with Crippen LogP contribution in [0.5, 0.6) is 0 Å². The van der Waals surface area contributed by atoms with Gasteiger partial charge in [-0.1, -0.05) is 65.0 Å². The normalized spacial score (nSPS) is 14.5. The molecule has 46 heavy (non-hydrogen) atoms. The summed E-state index contributed by atoms with van der Waals surface area (Å²) in [5, 5.41) is 5.58. The van der Waals surface area contributed by atoms with E-state index < -0.39 is 65.7 Å². The first-order valence-corrected chi connectivity index (χ1v) is 15.8. The molecule has 1 aromatic rings. The van der Waals surface area contributed by atoms with Gasteiger partial charge in [-0.2, -0.15) is 0 Å². The van der Waals surface area contributed by atoms with Crippen LogP contribution in [0, 0.1) is 11.8 Å². The monoisotopic (exact) mass is 646 g/mol. The predicted molar refractivity (Wildman–Crippen MR) is 175 cm³/mol. The van der Waals surface area contributed by atoms with Crippen LogP contribution in [0.1, 0.15) is 66.9 Å². The number of imide groups is 1. The topological polar surface area (TPSA) is 171 Å². The van der Waals surface area contributed by atoms with E-state index in [9.17, 15) is 28.8 Å². The summed E-state index contributed by atoms with van der Waals surface area (Å²) in [7, 11) is 4.57. The first-order valence-electron chi connectivity index (χ1n) is 15.8. The van der Waals surface area contributed by atoms with Gasteiger partial charge >= 0.3 is 5.97 Å². The molecular formula is C33H54N6O7. The molecule has 0 aliphatic rings. The molecule has 258 valence electrons. The summed E-state index contributed by atoms with van der Waals surface area (Å²) in [6, 6.07) is 3.47. The van der Waals surface area contributed by atoms with E-state index in [4.69, 9.17) is 10.5 Å². The number of carbonyl (C=O) groups is 6. The van der Waals surface area contributed by atoms with Crippen LogP contribution in [-0.4, -0.2) is 108 Å². The van der Waals surface area contributed by atoms with Gasteiger partial charge in [-0.15, -0.1) is 0 Å². The summed E-state index contributed by atoms with van der Waals surface area (Å²) in [6.07, 6.45) is 0.580. The summed E-state index contributed by atoms with van der Waals surface area (Å²) < 4.78 is 5.40. The van der Waals surface area contributed by atoms with Crippen molar-refractivity contribution in [3.05, 3.63) is 35.9 Å². The minimum Gasteiger partial charge on any atom is -0.459 e. The van der Waals surface area contributed by atoms with Gasteiger partial charge in [-0.05, 0) is 51.1 Å². The molecule has 0 bridgehead atoms. The highest BCUT2D eigenvalue weighted by molar-refractivity contribution is 6.04. The predicted octanol–water partition coefficient (Wildman–Crippen LogP) is 1.29. The standard InChI is InChI=1S/C33H54N6O7/c1-11-25(34)31(43)39(23(7)33(45)46-19-24-15-13-12-14-16-24)30(42)22(6)37(9)32(44)28(21(4)5)36-29(41)26(17-20(2)3)38(10)27(40)18-35-8/h12-16,20-23,25-26,28,35H,11,17-19,34H2,1-10H3,(H,36,41)/t22-,23-,25?,26-,28-/m0/s1. The maximum absolute atomic E-state index is 13.9. The van der Waals surface area contributed by atoms with Crippen molar-refractivity contribution in [3.63, 3.8) is 0 Å². The fourth-order valence-electron chi connectivity index (χ4n) is 4.68. The lowest BCUT2D eigenvalue weighted by molar-refractivity contribution is -0.164. The van der Waals surface area contributed by atoms with Crippen LogP contribution in [0.4, 0.5) is 0 Å². The number of nitrogens with one attached hydrogen (secondary N) is 2. The third-order valence-corrected chi connectivity index (χ3v) is 7.89. The van der Waals surface area contributed by atoms with Gasteiger partial charge in [0.15, 0.2) is 0 Å². The first-order chi connectivity index (χ1) is 21.5. The number of ether oxygens (including phenoxy) is 1. The number of nitrogens with zero attached hydrogens (tertiary/aromatic N) is 3. The molecule has 0 saturated heterocycles. The molecule has 13 nitrogen and oxygen atoms in total. The Hall–Kier alpha value is -3.84. The second-order valence-electron chi connectivity index (χ2n) is 12.4. The maximum Gasteiger partial charge on any atom is 0.329 e. The van der Waals surface area contributed by atoms with Crippen molar-refractivity contribution < 1.29 is 33.5 Å². The number of amides is 5. The number of carbonyl (C=O) groups excluding carboxylic acids is 6. The maximum atomic E-state index is 13.9. The van der Waals surface area contributed by atoms with Gasteiger partial charge in [0.2, 0.25) is 23.6 Å². The highest BCUT2D eigenvalue weighted by Gasteiger charge is 2.41. The minimum atomic E-state index is -1.32. The molecule has 0 aromatic heterocycles. The Labute approximate surface area is 273 Å². The van der Waals surface area contributed by atoms with E-state index in [1.807, 2.05) is 19.9 Å². The van der Waals surface area contributed by atoms with Crippen LogP contribution in [0.25, 0.3) is 0 Å². The van der Waals surface area contributed by atoms with E-state index in [2.05, 4.69) is 10.6 Å². The van der Waals surface area contributed by atoms with Crippen molar-refractivity contribution in [1.82, 2.24) is 25.3 Å². The number of esters is 1. The van der Waals surface area contributed by atoms with Gasteiger partial charge in [0, 0.05) is 14.1 Å². The number of nitrogens with two attached hydrogens (primary N) is 1. The second kappa shape index (κ2) is 19.0. The van der Waals surface area contributed by atoms with Crippen molar-refractivity contribution in [3.8, 4) is 0 Å². The van der Waals surface area contributed by atoms with Gasteiger partial charge in [0.25, 0.3) is 5.91 Å². The van der Waals surface area contributed by atoms with Gasteiger partial charge in [0.1, 0.15) is 30.8 Å². The van der Waals surface area contributed by atoms with Gasteiger partial charge in [-0.3, -0.25) is 28.9 Å². The molecule has 0 saturated carbocycles. The molecule has 0 aliphatic carbocycles. The Morgan fingerprint density at radius 2 is 1.43 bits per heavy atom. The number of hydrogen-bond acceptors (Lipinski definition) is 9. The molecule has 0 aliphatic heterocycles. The van der Waals surface area contributed by atoms with Crippen molar-refractivity contribution in [2.45, 2.75) is 98.1 Å². The summed E-state index contributed by atoms with van der Waals surface area (Å²) >= 11 is 0.